The van der Waals surface area contributed by atoms with E-state index >= 15 is 0 Å². The van der Waals surface area contributed by atoms with Crippen molar-refractivity contribution in [3.63, 3.8) is 0 Å². The van der Waals surface area contributed by atoms with E-state index in [1.165, 1.54) is 50.0 Å². The Bertz CT molecular complexity index is 172. The molecule has 1 aliphatic rings. The van der Waals surface area contributed by atoms with Crippen LogP contribution in [-0.2, 0) is 0 Å². The molecule has 0 radical (unpaired) electrons. The van der Waals surface area contributed by atoms with Gasteiger partial charge in [-0.05, 0) is 61.5 Å². The molecule has 0 bridgehead atoms. The zero-order valence-electron chi connectivity index (χ0n) is 10.4. The van der Waals surface area contributed by atoms with Crippen LogP contribution in [0, 0.1) is 11.3 Å². The van der Waals surface area contributed by atoms with Crippen LogP contribution in [0.25, 0.3) is 0 Å². The summed E-state index contributed by atoms with van der Waals surface area (Å²) in [4.78, 5) is 0. The molecule has 0 amide bonds. The molecule has 0 aromatic rings. The lowest BCUT2D eigenvalue weighted by molar-refractivity contribution is 0.267. The Labute approximate surface area is 99.6 Å². The maximum Gasteiger partial charge on any atom is -0.00204 e. The fraction of sp³-hybridized carbons (Fsp3) is 1.00. The average Bonchev–Trinajstić information content (AvgIpc) is 2.69. The number of hydrogen-bond acceptors (Lipinski definition) is 2. The summed E-state index contributed by atoms with van der Waals surface area (Å²) >= 11 is 2.07. The molecule has 1 aliphatic carbocycles. The molecule has 15 heavy (non-hydrogen) atoms. The molecule has 0 spiro atoms. The van der Waals surface area contributed by atoms with Gasteiger partial charge < -0.3 is 5.73 Å². The maximum atomic E-state index is 5.99. The van der Waals surface area contributed by atoms with Gasteiger partial charge in [-0.2, -0.15) is 11.8 Å². The van der Waals surface area contributed by atoms with Crippen LogP contribution in [0.15, 0.2) is 0 Å². The number of rotatable bonds is 7. The molecule has 0 aliphatic heterocycles. The summed E-state index contributed by atoms with van der Waals surface area (Å²) in [5.41, 5.74) is 6.52. The summed E-state index contributed by atoms with van der Waals surface area (Å²) in [7, 11) is 0. The van der Waals surface area contributed by atoms with Gasteiger partial charge in [0.2, 0.25) is 0 Å². The predicted octanol–water partition coefficient (Wildman–Crippen LogP) is 3.67. The molecule has 90 valence electrons. The third-order valence-electron chi connectivity index (χ3n) is 4.01. The monoisotopic (exact) mass is 229 g/mol. The second kappa shape index (κ2) is 6.80. The van der Waals surface area contributed by atoms with E-state index in [1.54, 1.807) is 0 Å². The molecule has 2 atom stereocenters. The van der Waals surface area contributed by atoms with Gasteiger partial charge in [0.25, 0.3) is 0 Å². The first-order chi connectivity index (χ1) is 7.26. The molecule has 2 heteroatoms. The molecule has 2 unspecified atom stereocenters. The molecule has 0 heterocycles. The minimum atomic E-state index is 0.523. The molecule has 1 fully saturated rings. The van der Waals surface area contributed by atoms with Gasteiger partial charge in [-0.1, -0.05) is 20.3 Å². The second-order valence-electron chi connectivity index (χ2n) is 5.02. The van der Waals surface area contributed by atoms with E-state index in [0.717, 1.165) is 12.5 Å². The lowest BCUT2D eigenvalue weighted by Crippen LogP contribution is -2.28. The van der Waals surface area contributed by atoms with Crippen molar-refractivity contribution in [3.05, 3.63) is 0 Å². The minimum absolute atomic E-state index is 0.523. The van der Waals surface area contributed by atoms with Gasteiger partial charge >= 0.3 is 0 Å². The van der Waals surface area contributed by atoms with Crippen molar-refractivity contribution in [2.45, 2.75) is 52.4 Å². The van der Waals surface area contributed by atoms with Crippen LogP contribution >= 0.6 is 11.8 Å². The number of nitrogens with two attached hydrogens (primary N) is 1. The largest absolute Gasteiger partial charge is 0.330 e. The van der Waals surface area contributed by atoms with E-state index in [1.807, 2.05) is 0 Å². The summed E-state index contributed by atoms with van der Waals surface area (Å²) in [5.74, 6) is 3.55. The summed E-state index contributed by atoms with van der Waals surface area (Å²) in [5, 5.41) is 0. The maximum absolute atomic E-state index is 5.99. The van der Waals surface area contributed by atoms with Crippen LogP contribution in [-0.4, -0.2) is 18.1 Å². The van der Waals surface area contributed by atoms with E-state index in [9.17, 15) is 0 Å². The van der Waals surface area contributed by atoms with Crippen LogP contribution in [0.2, 0.25) is 0 Å². The Morgan fingerprint density at radius 1 is 1.40 bits per heavy atom. The average molecular weight is 229 g/mol. The highest BCUT2D eigenvalue weighted by molar-refractivity contribution is 7.99. The Kier molecular flexibility index (Phi) is 6.06. The SMILES string of the molecule is CCSCCCC1(CN)CCC(CC)C1. The highest BCUT2D eigenvalue weighted by Crippen LogP contribution is 2.45. The van der Waals surface area contributed by atoms with Gasteiger partial charge in [-0.25, -0.2) is 0 Å². The smallest absolute Gasteiger partial charge is 0.00204 e. The molecule has 1 saturated carbocycles. The van der Waals surface area contributed by atoms with E-state index < -0.39 is 0 Å². The Morgan fingerprint density at radius 3 is 2.73 bits per heavy atom. The van der Waals surface area contributed by atoms with E-state index in [0.29, 0.717) is 5.41 Å². The molecule has 2 N–H and O–H groups in total. The third kappa shape index (κ3) is 3.99. The first-order valence-electron chi connectivity index (χ1n) is 6.54. The van der Waals surface area contributed by atoms with Gasteiger partial charge in [0.1, 0.15) is 0 Å². The van der Waals surface area contributed by atoms with Gasteiger partial charge in [-0.3, -0.25) is 0 Å². The predicted molar refractivity (Wildman–Crippen MR) is 71.4 cm³/mol. The second-order valence-corrected chi connectivity index (χ2v) is 6.42. The quantitative estimate of drug-likeness (QED) is 0.674. The van der Waals surface area contributed by atoms with E-state index in [-0.39, 0.29) is 0 Å². The summed E-state index contributed by atoms with van der Waals surface area (Å²) in [6, 6.07) is 0. The van der Waals surface area contributed by atoms with Crippen molar-refractivity contribution in [2.24, 2.45) is 17.1 Å². The van der Waals surface area contributed by atoms with Gasteiger partial charge in [0, 0.05) is 0 Å². The minimum Gasteiger partial charge on any atom is -0.330 e. The van der Waals surface area contributed by atoms with Gasteiger partial charge in [-0.15, -0.1) is 0 Å². The normalized spacial score (nSPS) is 31.0. The lowest BCUT2D eigenvalue weighted by Gasteiger charge is -2.27. The van der Waals surface area contributed by atoms with Crippen molar-refractivity contribution in [3.8, 4) is 0 Å². The lowest BCUT2D eigenvalue weighted by atomic mass is 9.81. The third-order valence-corrected chi connectivity index (χ3v) is 5.00. The van der Waals surface area contributed by atoms with Crippen LogP contribution in [0.3, 0.4) is 0 Å². The van der Waals surface area contributed by atoms with E-state index in [4.69, 9.17) is 5.73 Å². The van der Waals surface area contributed by atoms with Gasteiger partial charge in [0.15, 0.2) is 0 Å². The summed E-state index contributed by atoms with van der Waals surface area (Å²) < 4.78 is 0. The molecule has 1 nitrogen and oxygen atoms in total. The number of thioether (sulfide) groups is 1. The number of hydrogen-bond donors (Lipinski definition) is 1. The molecule has 0 aromatic heterocycles. The molecule has 0 aromatic carbocycles. The fourth-order valence-electron chi connectivity index (χ4n) is 2.88. The van der Waals surface area contributed by atoms with Crippen LogP contribution in [0.4, 0.5) is 0 Å². The van der Waals surface area contributed by atoms with Crippen molar-refractivity contribution in [1.29, 1.82) is 0 Å². The van der Waals surface area contributed by atoms with Crippen molar-refractivity contribution in [1.82, 2.24) is 0 Å². The zero-order valence-corrected chi connectivity index (χ0v) is 11.2. The summed E-state index contributed by atoms with van der Waals surface area (Å²) in [6.45, 7) is 5.48. The first-order valence-corrected chi connectivity index (χ1v) is 7.69. The Hall–Kier alpha value is 0.310. The fourth-order valence-corrected chi connectivity index (χ4v) is 3.52. The molecule has 0 saturated heterocycles. The summed E-state index contributed by atoms with van der Waals surface area (Å²) in [6.07, 6.45) is 8.30. The van der Waals surface area contributed by atoms with Crippen LogP contribution in [0.5, 0.6) is 0 Å². The van der Waals surface area contributed by atoms with Crippen molar-refractivity contribution < 1.29 is 0 Å². The molecular weight excluding hydrogens is 202 g/mol. The van der Waals surface area contributed by atoms with Crippen molar-refractivity contribution >= 4 is 11.8 Å². The van der Waals surface area contributed by atoms with Gasteiger partial charge in [0.05, 0.1) is 0 Å². The van der Waals surface area contributed by atoms with Crippen LogP contribution in [0.1, 0.15) is 52.4 Å². The van der Waals surface area contributed by atoms with Crippen LogP contribution < -0.4 is 5.73 Å². The topological polar surface area (TPSA) is 26.0 Å². The zero-order chi connectivity index (χ0) is 11.1. The Morgan fingerprint density at radius 2 is 2.20 bits per heavy atom. The highest BCUT2D eigenvalue weighted by atomic mass is 32.2. The molecule has 1 rings (SSSR count). The van der Waals surface area contributed by atoms with E-state index in [2.05, 4.69) is 25.6 Å². The van der Waals surface area contributed by atoms with Crippen molar-refractivity contribution in [2.75, 3.05) is 18.1 Å². The standard InChI is InChI=1S/C13H27NS/c1-3-12-6-8-13(10-12,11-14)7-5-9-15-4-2/h12H,3-11,14H2,1-2H3. The molecular formula is C13H27NS. The first kappa shape index (κ1) is 13.4. The highest BCUT2D eigenvalue weighted by Gasteiger charge is 2.36. The Balaban J connectivity index is 2.28.